The molecule has 18 heavy (non-hydrogen) atoms. The Balaban J connectivity index is 0.000000199. The molecule has 3 nitrogen and oxygen atoms in total. The Morgan fingerprint density at radius 3 is 2.39 bits per heavy atom. The molecule has 0 amide bonds. The molecule has 1 aliphatic carbocycles. The fourth-order valence-electron chi connectivity index (χ4n) is 1.71. The van der Waals surface area contributed by atoms with Gasteiger partial charge in [-0.3, -0.25) is 4.79 Å². The molecule has 0 spiro atoms. The third-order valence-corrected chi connectivity index (χ3v) is 2.82. The van der Waals surface area contributed by atoms with Crippen molar-refractivity contribution in [2.45, 2.75) is 38.6 Å². The lowest BCUT2D eigenvalue weighted by molar-refractivity contribution is -0.139. The zero-order chi connectivity index (χ0) is 13.4. The Bertz CT molecular complexity index is 345. The first kappa shape index (κ1) is 14.7. The van der Waals surface area contributed by atoms with Crippen molar-refractivity contribution in [1.82, 2.24) is 0 Å². The van der Waals surface area contributed by atoms with Gasteiger partial charge in [-0.25, -0.2) is 0 Å². The highest BCUT2D eigenvalue weighted by atomic mass is 16.5. The second kappa shape index (κ2) is 7.88. The average molecular weight is 249 g/mol. The Labute approximate surface area is 109 Å². The summed E-state index contributed by atoms with van der Waals surface area (Å²) in [5, 5.41) is 0. The van der Waals surface area contributed by atoms with Crippen LogP contribution >= 0.6 is 0 Å². The smallest absolute Gasteiger partial charge is 0.309 e. The predicted octanol–water partition coefficient (Wildman–Crippen LogP) is 2.54. The molecule has 0 heterocycles. The molecule has 0 saturated heterocycles. The summed E-state index contributed by atoms with van der Waals surface area (Å²) in [6.45, 7) is 2.08. The molecular formula is C15H23NO2. The zero-order valence-electron chi connectivity index (χ0n) is 11.3. The lowest BCUT2D eigenvalue weighted by Gasteiger charge is -1.98. The van der Waals surface area contributed by atoms with E-state index in [9.17, 15) is 4.79 Å². The summed E-state index contributed by atoms with van der Waals surface area (Å²) < 4.78 is 4.52. The van der Waals surface area contributed by atoms with Crippen LogP contribution in [0.4, 0.5) is 0 Å². The van der Waals surface area contributed by atoms with E-state index in [4.69, 9.17) is 5.73 Å². The van der Waals surface area contributed by atoms with Crippen molar-refractivity contribution in [1.29, 1.82) is 0 Å². The first-order chi connectivity index (χ1) is 8.61. The van der Waals surface area contributed by atoms with Crippen molar-refractivity contribution in [3.05, 3.63) is 35.9 Å². The van der Waals surface area contributed by atoms with Crippen LogP contribution in [0.25, 0.3) is 0 Å². The van der Waals surface area contributed by atoms with Gasteiger partial charge in [-0.2, -0.15) is 0 Å². The molecular weight excluding hydrogens is 226 g/mol. The number of carbonyl (C=O) groups is 1. The third kappa shape index (κ3) is 7.07. The maximum Gasteiger partial charge on any atom is 0.309 e. The number of methoxy groups -OCH3 is 1. The van der Waals surface area contributed by atoms with Crippen LogP contribution in [-0.4, -0.2) is 19.1 Å². The van der Waals surface area contributed by atoms with Gasteiger partial charge in [0.1, 0.15) is 0 Å². The van der Waals surface area contributed by atoms with Gasteiger partial charge in [0.15, 0.2) is 0 Å². The highest BCUT2D eigenvalue weighted by molar-refractivity contribution is 5.72. The molecule has 100 valence electrons. The molecule has 0 aromatic heterocycles. The predicted molar refractivity (Wildman–Crippen MR) is 73.2 cm³/mol. The number of hydrogen-bond donors (Lipinski definition) is 1. The van der Waals surface area contributed by atoms with Gasteiger partial charge < -0.3 is 10.5 Å². The van der Waals surface area contributed by atoms with Crippen LogP contribution in [0.1, 0.15) is 31.7 Å². The third-order valence-electron chi connectivity index (χ3n) is 2.82. The Morgan fingerprint density at radius 1 is 1.39 bits per heavy atom. The van der Waals surface area contributed by atoms with E-state index in [-0.39, 0.29) is 5.97 Å². The minimum atomic E-state index is -0.198. The van der Waals surface area contributed by atoms with Crippen molar-refractivity contribution in [2.24, 2.45) is 11.7 Å². The number of rotatable bonds is 4. The summed E-state index contributed by atoms with van der Waals surface area (Å²) >= 11 is 0. The number of esters is 1. The second-order valence-corrected chi connectivity index (χ2v) is 4.89. The van der Waals surface area contributed by atoms with E-state index in [0.29, 0.717) is 12.5 Å². The van der Waals surface area contributed by atoms with E-state index < -0.39 is 0 Å². The van der Waals surface area contributed by atoms with Crippen molar-refractivity contribution >= 4 is 5.97 Å². The largest absolute Gasteiger partial charge is 0.469 e. The van der Waals surface area contributed by atoms with E-state index in [1.165, 1.54) is 26.4 Å². The van der Waals surface area contributed by atoms with Gasteiger partial charge in [0.05, 0.1) is 13.5 Å². The van der Waals surface area contributed by atoms with Gasteiger partial charge in [0, 0.05) is 6.04 Å². The number of hydrogen-bond acceptors (Lipinski definition) is 3. The van der Waals surface area contributed by atoms with Crippen LogP contribution in [0.3, 0.4) is 0 Å². The summed E-state index contributed by atoms with van der Waals surface area (Å²) in [6, 6.07) is 9.96. The molecule has 1 saturated carbocycles. The lowest BCUT2D eigenvalue weighted by atomic mass is 10.2. The van der Waals surface area contributed by atoms with Crippen molar-refractivity contribution < 1.29 is 9.53 Å². The highest BCUT2D eigenvalue weighted by Gasteiger charge is 2.21. The summed E-state index contributed by atoms with van der Waals surface area (Å²) in [5.74, 6) is 0.802. The van der Waals surface area contributed by atoms with E-state index >= 15 is 0 Å². The average Bonchev–Trinajstić information content (AvgIpc) is 3.14. The Hall–Kier alpha value is -1.35. The van der Waals surface area contributed by atoms with Crippen molar-refractivity contribution in [2.75, 3.05) is 7.11 Å². The molecule has 1 fully saturated rings. The van der Waals surface area contributed by atoms with E-state index in [0.717, 1.165) is 11.5 Å². The monoisotopic (exact) mass is 249 g/mol. The SMILES string of the molecule is COC(=O)Cc1ccccc1.C[C@@H](N)CC1CC1. The minimum absolute atomic E-state index is 0.198. The molecule has 1 atom stereocenters. The van der Waals surface area contributed by atoms with Crippen LogP contribution in [0.5, 0.6) is 0 Å². The van der Waals surface area contributed by atoms with Gasteiger partial charge in [0.25, 0.3) is 0 Å². The number of nitrogens with two attached hydrogens (primary N) is 1. The highest BCUT2D eigenvalue weighted by Crippen LogP contribution is 2.32. The molecule has 1 aliphatic rings. The lowest BCUT2D eigenvalue weighted by Crippen LogP contribution is -2.14. The summed E-state index contributed by atoms with van der Waals surface area (Å²) in [6.07, 6.45) is 4.47. The van der Waals surface area contributed by atoms with E-state index in [1.807, 2.05) is 30.3 Å². The Morgan fingerprint density at radius 2 is 2.00 bits per heavy atom. The topological polar surface area (TPSA) is 52.3 Å². The normalized spacial score (nSPS) is 15.3. The number of ether oxygens (including phenoxy) is 1. The van der Waals surface area contributed by atoms with Gasteiger partial charge in [-0.15, -0.1) is 0 Å². The first-order valence-corrected chi connectivity index (χ1v) is 6.48. The van der Waals surface area contributed by atoms with Crippen LogP contribution in [0, 0.1) is 5.92 Å². The van der Waals surface area contributed by atoms with Crippen LogP contribution in [-0.2, 0) is 16.0 Å². The maximum atomic E-state index is 10.8. The van der Waals surface area contributed by atoms with Gasteiger partial charge >= 0.3 is 5.97 Å². The molecule has 0 bridgehead atoms. The van der Waals surface area contributed by atoms with Crippen molar-refractivity contribution in [3.63, 3.8) is 0 Å². The van der Waals surface area contributed by atoms with Gasteiger partial charge in [0.2, 0.25) is 0 Å². The maximum absolute atomic E-state index is 10.8. The fraction of sp³-hybridized carbons (Fsp3) is 0.533. The molecule has 3 heteroatoms. The zero-order valence-corrected chi connectivity index (χ0v) is 11.3. The van der Waals surface area contributed by atoms with Crippen molar-refractivity contribution in [3.8, 4) is 0 Å². The van der Waals surface area contributed by atoms with Crippen LogP contribution in [0.15, 0.2) is 30.3 Å². The molecule has 0 radical (unpaired) electrons. The van der Waals surface area contributed by atoms with Crippen LogP contribution < -0.4 is 5.73 Å². The second-order valence-electron chi connectivity index (χ2n) is 4.89. The van der Waals surface area contributed by atoms with Gasteiger partial charge in [-0.05, 0) is 24.8 Å². The van der Waals surface area contributed by atoms with Crippen LogP contribution in [0.2, 0.25) is 0 Å². The number of carbonyl (C=O) groups excluding carboxylic acids is 1. The summed E-state index contributed by atoms with van der Waals surface area (Å²) in [4.78, 5) is 10.8. The summed E-state index contributed by atoms with van der Waals surface area (Å²) in [7, 11) is 1.39. The quantitative estimate of drug-likeness (QED) is 0.834. The molecule has 1 aromatic rings. The fourth-order valence-corrected chi connectivity index (χ4v) is 1.71. The molecule has 2 N–H and O–H groups in total. The number of benzene rings is 1. The standard InChI is InChI=1S/C9H10O2.C6H13N/c1-11-9(10)7-8-5-3-2-4-6-8;1-5(7)4-6-2-3-6/h2-6H,7H2,1H3;5-6H,2-4,7H2,1H3/t;5-/m.1/s1. The molecule has 1 aromatic carbocycles. The molecule has 0 unspecified atom stereocenters. The summed E-state index contributed by atoms with van der Waals surface area (Å²) in [5.41, 5.74) is 6.52. The Kier molecular flexibility index (Phi) is 6.44. The van der Waals surface area contributed by atoms with E-state index in [1.54, 1.807) is 0 Å². The van der Waals surface area contributed by atoms with Gasteiger partial charge in [-0.1, -0.05) is 43.2 Å². The molecule has 2 rings (SSSR count). The van der Waals surface area contributed by atoms with E-state index in [2.05, 4.69) is 11.7 Å². The molecule has 0 aliphatic heterocycles. The first-order valence-electron chi connectivity index (χ1n) is 6.48. The minimum Gasteiger partial charge on any atom is -0.469 e.